The van der Waals surface area contributed by atoms with Gasteiger partial charge in [0.05, 0.1) is 6.04 Å². The minimum atomic E-state index is 0.268. The molecule has 26 heavy (non-hydrogen) atoms. The molecule has 0 aliphatic carbocycles. The normalized spacial score (nSPS) is 15.7. The van der Waals surface area contributed by atoms with Gasteiger partial charge in [0.25, 0.3) is 0 Å². The molecule has 0 spiro atoms. The van der Waals surface area contributed by atoms with E-state index in [4.69, 9.17) is 0 Å². The predicted molar refractivity (Wildman–Crippen MR) is 111 cm³/mol. The largest absolute Gasteiger partial charge is 0.360 e. The van der Waals surface area contributed by atoms with Gasteiger partial charge in [-0.3, -0.25) is 0 Å². The molecule has 0 amide bonds. The van der Waals surface area contributed by atoms with Crippen LogP contribution in [0.15, 0.2) is 78.9 Å². The van der Waals surface area contributed by atoms with Crippen LogP contribution < -0.4 is 4.90 Å². The Labute approximate surface area is 156 Å². The van der Waals surface area contributed by atoms with E-state index in [9.17, 15) is 0 Å². The number of nitrogens with zero attached hydrogens (tertiary/aromatic N) is 2. The zero-order valence-corrected chi connectivity index (χ0v) is 15.6. The molecular weight excluding hydrogens is 316 g/mol. The molecule has 2 heteroatoms. The lowest BCUT2D eigenvalue weighted by atomic mass is 9.85. The topological polar surface area (TPSA) is 6.48 Å². The number of hydrogen-bond acceptors (Lipinski definition) is 2. The van der Waals surface area contributed by atoms with Gasteiger partial charge < -0.3 is 9.80 Å². The minimum absolute atomic E-state index is 0.268. The van der Waals surface area contributed by atoms with Crippen LogP contribution in [0.2, 0.25) is 0 Å². The molecule has 0 fully saturated rings. The lowest BCUT2D eigenvalue weighted by Gasteiger charge is -2.41. The first-order chi connectivity index (χ1) is 12.8. The van der Waals surface area contributed by atoms with E-state index >= 15 is 0 Å². The van der Waals surface area contributed by atoms with Crippen molar-refractivity contribution < 1.29 is 0 Å². The van der Waals surface area contributed by atoms with Crippen molar-refractivity contribution >= 4 is 5.69 Å². The number of benzene rings is 3. The molecule has 0 saturated carbocycles. The van der Waals surface area contributed by atoms with Gasteiger partial charge in [-0.2, -0.15) is 0 Å². The maximum absolute atomic E-state index is 2.59. The van der Waals surface area contributed by atoms with Crippen molar-refractivity contribution in [2.75, 3.05) is 32.1 Å². The maximum atomic E-state index is 2.59. The third kappa shape index (κ3) is 3.13. The third-order valence-electron chi connectivity index (χ3n) is 5.19. The Morgan fingerprint density at radius 2 is 1.42 bits per heavy atom. The van der Waals surface area contributed by atoms with E-state index < -0.39 is 0 Å². The fourth-order valence-corrected chi connectivity index (χ4v) is 4.04. The summed E-state index contributed by atoms with van der Waals surface area (Å²) in [5.41, 5.74) is 6.82. The molecule has 1 atom stereocenters. The van der Waals surface area contributed by atoms with Gasteiger partial charge in [0.2, 0.25) is 0 Å². The van der Waals surface area contributed by atoms with E-state index in [1.807, 2.05) is 0 Å². The summed E-state index contributed by atoms with van der Waals surface area (Å²) in [4.78, 5) is 4.86. The Bertz CT molecular complexity index is 870. The summed E-state index contributed by atoms with van der Waals surface area (Å²) in [6, 6.07) is 28.9. The molecule has 0 bridgehead atoms. The first-order valence-corrected chi connectivity index (χ1v) is 9.40. The van der Waals surface area contributed by atoms with Crippen LogP contribution in [0, 0.1) is 0 Å². The summed E-state index contributed by atoms with van der Waals surface area (Å²) in [6.07, 6.45) is 1.15. The third-order valence-corrected chi connectivity index (χ3v) is 5.19. The Morgan fingerprint density at radius 3 is 2.19 bits per heavy atom. The average molecular weight is 342 g/mol. The number of hydrogen-bond donors (Lipinski definition) is 0. The van der Waals surface area contributed by atoms with Gasteiger partial charge in [-0.05, 0) is 49.8 Å². The summed E-state index contributed by atoms with van der Waals surface area (Å²) >= 11 is 0. The average Bonchev–Trinajstić information content (AvgIpc) is 2.68. The number of para-hydroxylation sites is 1. The van der Waals surface area contributed by atoms with Gasteiger partial charge in [0.1, 0.15) is 0 Å². The van der Waals surface area contributed by atoms with Crippen molar-refractivity contribution in [3.8, 4) is 11.1 Å². The van der Waals surface area contributed by atoms with Gasteiger partial charge in [-0.1, -0.05) is 72.8 Å². The molecule has 2 nitrogen and oxygen atoms in total. The highest BCUT2D eigenvalue weighted by Gasteiger charge is 2.31. The zero-order chi connectivity index (χ0) is 17.9. The zero-order valence-electron chi connectivity index (χ0n) is 15.6. The molecule has 1 heterocycles. The second-order valence-electron chi connectivity index (χ2n) is 7.27. The lowest BCUT2D eigenvalue weighted by Crippen LogP contribution is -2.35. The molecule has 3 aromatic carbocycles. The van der Waals surface area contributed by atoms with Crippen molar-refractivity contribution in [2.45, 2.75) is 12.5 Å². The molecule has 1 aliphatic rings. The summed E-state index contributed by atoms with van der Waals surface area (Å²) in [5, 5.41) is 0. The smallest absolute Gasteiger partial charge is 0.0802 e. The van der Waals surface area contributed by atoms with E-state index in [0.717, 1.165) is 19.5 Å². The van der Waals surface area contributed by atoms with Crippen LogP contribution in [0.1, 0.15) is 23.6 Å². The summed E-state index contributed by atoms with van der Waals surface area (Å²) in [6.45, 7) is 2.14. The highest BCUT2D eigenvalue weighted by atomic mass is 15.2. The van der Waals surface area contributed by atoms with Gasteiger partial charge in [0.15, 0.2) is 0 Å². The van der Waals surface area contributed by atoms with Crippen LogP contribution in [-0.4, -0.2) is 32.1 Å². The van der Waals surface area contributed by atoms with E-state index in [1.54, 1.807) is 0 Å². The van der Waals surface area contributed by atoms with E-state index in [-0.39, 0.29) is 6.04 Å². The van der Waals surface area contributed by atoms with Crippen molar-refractivity contribution in [3.63, 3.8) is 0 Å². The fraction of sp³-hybridized carbons (Fsp3) is 0.250. The summed E-state index contributed by atoms with van der Waals surface area (Å²) < 4.78 is 0. The van der Waals surface area contributed by atoms with E-state index in [1.165, 1.54) is 27.9 Å². The predicted octanol–water partition coefficient (Wildman–Crippen LogP) is 5.21. The maximum Gasteiger partial charge on any atom is 0.0802 e. The number of rotatable bonds is 5. The Kier molecular flexibility index (Phi) is 4.77. The van der Waals surface area contributed by atoms with Crippen molar-refractivity contribution in [3.05, 3.63) is 90.0 Å². The summed E-state index contributed by atoms with van der Waals surface area (Å²) in [7, 11) is 4.29. The molecule has 0 saturated heterocycles. The van der Waals surface area contributed by atoms with Crippen molar-refractivity contribution in [1.82, 2.24) is 4.90 Å². The SMILES string of the molecule is CN(C)CCCN1c2ccccc2-c2ccccc2C1c1ccccc1. The van der Waals surface area contributed by atoms with Crippen molar-refractivity contribution in [1.29, 1.82) is 0 Å². The van der Waals surface area contributed by atoms with Gasteiger partial charge >= 0.3 is 0 Å². The lowest BCUT2D eigenvalue weighted by molar-refractivity contribution is 0.398. The molecule has 132 valence electrons. The van der Waals surface area contributed by atoms with Crippen molar-refractivity contribution in [2.24, 2.45) is 0 Å². The molecule has 3 aromatic rings. The Balaban J connectivity index is 1.83. The van der Waals surface area contributed by atoms with Crippen LogP contribution in [-0.2, 0) is 0 Å². The number of anilines is 1. The summed E-state index contributed by atoms with van der Waals surface area (Å²) in [5.74, 6) is 0. The second-order valence-corrected chi connectivity index (χ2v) is 7.27. The van der Waals surface area contributed by atoms with Crippen LogP contribution in [0.3, 0.4) is 0 Å². The molecule has 0 aromatic heterocycles. The van der Waals surface area contributed by atoms with Gasteiger partial charge in [0, 0.05) is 17.8 Å². The monoisotopic (exact) mass is 342 g/mol. The molecular formula is C24H26N2. The molecule has 1 unspecified atom stereocenters. The van der Waals surface area contributed by atoms with Crippen LogP contribution in [0.25, 0.3) is 11.1 Å². The molecule has 1 aliphatic heterocycles. The van der Waals surface area contributed by atoms with Gasteiger partial charge in [-0.15, -0.1) is 0 Å². The quantitative estimate of drug-likeness (QED) is 0.627. The van der Waals surface area contributed by atoms with Crippen LogP contribution >= 0.6 is 0 Å². The van der Waals surface area contributed by atoms with Gasteiger partial charge in [-0.25, -0.2) is 0 Å². The Morgan fingerprint density at radius 1 is 0.769 bits per heavy atom. The first-order valence-electron chi connectivity index (χ1n) is 9.40. The fourth-order valence-electron chi connectivity index (χ4n) is 4.04. The minimum Gasteiger partial charge on any atom is -0.360 e. The standard InChI is InChI=1S/C24H26N2/c1-25(2)17-10-18-26-23-16-9-8-14-21(23)20-13-6-7-15-22(20)24(26)19-11-4-3-5-12-19/h3-9,11-16,24H,10,17-18H2,1-2H3. The van der Waals surface area contributed by atoms with Crippen LogP contribution in [0.5, 0.6) is 0 Å². The van der Waals surface area contributed by atoms with E-state index in [0.29, 0.717) is 0 Å². The molecule has 4 rings (SSSR count). The molecule has 0 N–H and O–H groups in total. The highest BCUT2D eigenvalue weighted by Crippen LogP contribution is 2.46. The first kappa shape index (κ1) is 16.9. The Hall–Kier alpha value is -2.58. The number of fused-ring (bicyclic) bond motifs is 3. The van der Waals surface area contributed by atoms with E-state index in [2.05, 4.69) is 103 Å². The molecule has 0 radical (unpaired) electrons. The van der Waals surface area contributed by atoms with Crippen LogP contribution in [0.4, 0.5) is 5.69 Å². The second kappa shape index (κ2) is 7.35. The highest BCUT2D eigenvalue weighted by molar-refractivity contribution is 5.85.